The van der Waals surface area contributed by atoms with Crippen LogP contribution >= 0.6 is 0 Å². The molecule has 0 radical (unpaired) electrons. The number of aromatic amines is 1. The van der Waals surface area contributed by atoms with E-state index in [1.165, 1.54) is 16.8 Å². The molecule has 5 aromatic rings. The van der Waals surface area contributed by atoms with Gasteiger partial charge in [0.2, 0.25) is 0 Å². The molecule has 1 aliphatic rings. The first-order valence-corrected chi connectivity index (χ1v) is 13.0. The summed E-state index contributed by atoms with van der Waals surface area (Å²) in [4.78, 5) is 8.51. The first-order chi connectivity index (χ1) is 19.8. The van der Waals surface area contributed by atoms with Crippen LogP contribution in [0.2, 0.25) is 0 Å². The van der Waals surface area contributed by atoms with E-state index in [4.69, 9.17) is 13.8 Å². The number of aliphatic hydroxyl groups is 1. The molecule has 0 bridgehead atoms. The summed E-state index contributed by atoms with van der Waals surface area (Å²) in [6.07, 6.45) is 1.22. The second kappa shape index (κ2) is 9.50. The number of hydrogen-bond donors (Lipinski definition) is 2. The van der Waals surface area contributed by atoms with Crippen LogP contribution in [0.25, 0.3) is 33.2 Å². The molecule has 0 saturated carbocycles. The number of nitrogens with one attached hydrogen (secondary N) is 1. The minimum Gasteiger partial charge on any atom is -0.386 e. The molecule has 4 heterocycles. The maximum absolute atomic E-state index is 15.6. The highest BCUT2D eigenvalue weighted by atomic mass is 19.1. The van der Waals surface area contributed by atoms with Gasteiger partial charge in [-0.25, -0.2) is 18.4 Å². The second-order valence-electron chi connectivity index (χ2n) is 10.8. The van der Waals surface area contributed by atoms with E-state index in [1.807, 2.05) is 24.3 Å². The summed E-state index contributed by atoms with van der Waals surface area (Å²) in [7, 11) is 1.61. The highest BCUT2D eigenvalue weighted by Crippen LogP contribution is 2.44. The molecule has 1 aliphatic heterocycles. The first-order valence-electron chi connectivity index (χ1n) is 14.5. The van der Waals surface area contributed by atoms with Crippen molar-refractivity contribution in [3.63, 3.8) is 0 Å². The van der Waals surface area contributed by atoms with Gasteiger partial charge in [-0.05, 0) is 68.8 Å². The minimum absolute atomic E-state index is 0.119. The topological polar surface area (TPSA) is 88.9 Å². The van der Waals surface area contributed by atoms with Gasteiger partial charge in [0, 0.05) is 52.8 Å². The van der Waals surface area contributed by atoms with Gasteiger partial charge in [-0.1, -0.05) is 23.4 Å². The Labute approximate surface area is 229 Å². The van der Waals surface area contributed by atoms with Crippen LogP contribution in [0.15, 0.2) is 42.5 Å². The molecule has 1 fully saturated rings. The summed E-state index contributed by atoms with van der Waals surface area (Å²) in [5, 5.41) is 19.4. The lowest BCUT2D eigenvalue weighted by molar-refractivity contribution is 0.0610. The van der Waals surface area contributed by atoms with Crippen molar-refractivity contribution in [1.29, 1.82) is 0 Å². The van der Waals surface area contributed by atoms with E-state index in [-0.39, 0.29) is 22.9 Å². The fraction of sp³-hybridized carbons (Fsp3) is 0.367. The molecule has 39 heavy (non-hydrogen) atoms. The smallest absolute Gasteiger partial charge is 0.130 e. The molecule has 1 atom stereocenters. The van der Waals surface area contributed by atoms with Gasteiger partial charge in [0.05, 0.1) is 33.7 Å². The third-order valence-electron chi connectivity index (χ3n) is 7.71. The number of aromatic nitrogens is 5. The van der Waals surface area contributed by atoms with Crippen molar-refractivity contribution >= 4 is 21.9 Å². The molecule has 2 aromatic carbocycles. The van der Waals surface area contributed by atoms with Crippen LogP contribution in [0, 0.1) is 24.4 Å². The summed E-state index contributed by atoms with van der Waals surface area (Å²) in [6, 6.07) is 10.9. The monoisotopic (exact) mass is 534 g/mol. The van der Waals surface area contributed by atoms with Crippen molar-refractivity contribution < 1.29 is 22.7 Å². The number of H-pyrrole nitrogens is 1. The second-order valence-corrected chi connectivity index (χ2v) is 10.8. The SMILES string of the molecule is [2H]C([2H])([2H])c1nnn(C)c1-c1cc2[nH]c3cc(C(C)(C)O)ccc3c2nc1C(c1ccc(F)cc1F)C1CCOCC1. The maximum Gasteiger partial charge on any atom is 0.130 e. The standard InChI is InChI=1S/C30H31F2N5O2/c1-16-29(37(4)36-35-16)22-15-25-27(21-7-5-18(30(2,3)38)13-24(21)33-25)34-28(22)26(17-9-11-39-12-10-17)20-8-6-19(31)14-23(20)32/h5-8,13-15,17,26,33,38H,9-12H2,1-4H3/i1D3. The summed E-state index contributed by atoms with van der Waals surface area (Å²) in [5.74, 6) is -2.15. The molecule has 1 saturated heterocycles. The van der Waals surface area contributed by atoms with Crippen molar-refractivity contribution in [3.05, 3.63) is 76.6 Å². The van der Waals surface area contributed by atoms with Crippen molar-refractivity contribution in [3.8, 4) is 11.3 Å². The Morgan fingerprint density at radius 2 is 1.92 bits per heavy atom. The number of nitrogens with zero attached hydrogens (tertiary/aromatic N) is 4. The lowest BCUT2D eigenvalue weighted by Gasteiger charge is -2.32. The van der Waals surface area contributed by atoms with Crippen LogP contribution < -0.4 is 0 Å². The molecule has 6 rings (SSSR count). The Morgan fingerprint density at radius 3 is 2.64 bits per heavy atom. The van der Waals surface area contributed by atoms with Crippen LogP contribution in [0.5, 0.6) is 0 Å². The average Bonchev–Trinajstić information content (AvgIpc) is 3.49. The Morgan fingerprint density at radius 1 is 1.13 bits per heavy atom. The van der Waals surface area contributed by atoms with Gasteiger partial charge < -0.3 is 14.8 Å². The Kier molecular flexibility index (Phi) is 5.40. The Bertz CT molecular complexity index is 1800. The van der Waals surface area contributed by atoms with E-state index in [0.29, 0.717) is 53.9 Å². The number of pyridine rings is 1. The van der Waals surface area contributed by atoms with E-state index in [1.54, 1.807) is 20.9 Å². The fourth-order valence-electron chi connectivity index (χ4n) is 5.72. The molecular formula is C30H31F2N5O2. The number of rotatable bonds is 5. The van der Waals surface area contributed by atoms with Crippen molar-refractivity contribution in [2.45, 2.75) is 45.1 Å². The number of benzene rings is 2. The predicted octanol–water partition coefficient (Wildman–Crippen LogP) is 5.88. The molecule has 3 aromatic heterocycles. The number of fused-ring (bicyclic) bond motifs is 3. The summed E-state index contributed by atoms with van der Waals surface area (Å²) < 4.78 is 61.1. The van der Waals surface area contributed by atoms with Gasteiger partial charge in [-0.15, -0.1) is 5.10 Å². The van der Waals surface area contributed by atoms with Gasteiger partial charge in [0.15, 0.2) is 0 Å². The number of ether oxygens (including phenoxy) is 1. The number of halogens is 2. The molecular weight excluding hydrogens is 500 g/mol. The normalized spacial score (nSPS) is 17.3. The van der Waals surface area contributed by atoms with Crippen molar-refractivity contribution in [2.75, 3.05) is 13.2 Å². The van der Waals surface area contributed by atoms with Crippen molar-refractivity contribution in [2.24, 2.45) is 13.0 Å². The van der Waals surface area contributed by atoms with E-state index >= 15 is 4.39 Å². The molecule has 7 nitrogen and oxygen atoms in total. The number of aryl methyl sites for hydroxylation is 2. The van der Waals surface area contributed by atoms with Crippen LogP contribution in [0.3, 0.4) is 0 Å². The lowest BCUT2D eigenvalue weighted by Crippen LogP contribution is -2.25. The van der Waals surface area contributed by atoms with Crippen LogP contribution in [-0.4, -0.2) is 43.3 Å². The first kappa shape index (κ1) is 22.2. The van der Waals surface area contributed by atoms with Crippen LogP contribution in [-0.2, 0) is 17.4 Å². The predicted molar refractivity (Wildman–Crippen MR) is 145 cm³/mol. The third kappa shape index (κ3) is 4.49. The van der Waals surface area contributed by atoms with Crippen LogP contribution in [0.1, 0.15) is 59.2 Å². The Hall–Kier alpha value is -3.69. The van der Waals surface area contributed by atoms with Gasteiger partial charge in [-0.3, -0.25) is 0 Å². The van der Waals surface area contributed by atoms with Gasteiger partial charge in [-0.2, -0.15) is 0 Å². The average molecular weight is 535 g/mol. The lowest BCUT2D eigenvalue weighted by atomic mass is 9.77. The molecule has 1 unspecified atom stereocenters. The molecule has 9 heteroatoms. The van der Waals surface area contributed by atoms with Crippen molar-refractivity contribution in [1.82, 2.24) is 25.0 Å². The fourth-order valence-corrected chi connectivity index (χ4v) is 5.72. The quantitative estimate of drug-likeness (QED) is 0.294. The summed E-state index contributed by atoms with van der Waals surface area (Å²) >= 11 is 0. The minimum atomic E-state index is -2.58. The zero-order valence-corrected chi connectivity index (χ0v) is 21.9. The third-order valence-corrected chi connectivity index (χ3v) is 7.71. The largest absolute Gasteiger partial charge is 0.386 e. The zero-order valence-electron chi connectivity index (χ0n) is 24.9. The number of hydrogen-bond acceptors (Lipinski definition) is 5. The maximum atomic E-state index is 15.6. The molecule has 2 N–H and O–H groups in total. The molecule has 202 valence electrons. The molecule has 0 aliphatic carbocycles. The van der Waals surface area contributed by atoms with Crippen LogP contribution in [0.4, 0.5) is 8.78 Å². The van der Waals surface area contributed by atoms with Gasteiger partial charge in [0.1, 0.15) is 11.6 Å². The highest BCUT2D eigenvalue weighted by molar-refractivity contribution is 6.06. The van der Waals surface area contributed by atoms with E-state index in [9.17, 15) is 9.50 Å². The van der Waals surface area contributed by atoms with E-state index in [2.05, 4.69) is 15.3 Å². The summed E-state index contributed by atoms with van der Waals surface area (Å²) in [5.41, 5.74) is 2.80. The van der Waals surface area contributed by atoms with E-state index in [0.717, 1.165) is 17.0 Å². The van der Waals surface area contributed by atoms with E-state index < -0.39 is 30.0 Å². The molecule has 0 amide bonds. The highest BCUT2D eigenvalue weighted by Gasteiger charge is 2.34. The molecule has 0 spiro atoms. The zero-order chi connectivity index (χ0) is 30.0. The Balaban J connectivity index is 1.70. The van der Waals surface area contributed by atoms with Gasteiger partial charge in [0.25, 0.3) is 0 Å². The summed E-state index contributed by atoms with van der Waals surface area (Å²) in [6.45, 7) is 1.77. The van der Waals surface area contributed by atoms with Gasteiger partial charge >= 0.3 is 0 Å².